The van der Waals surface area contributed by atoms with Gasteiger partial charge >= 0.3 is 0 Å². The number of hydrogen-bond acceptors (Lipinski definition) is 0. The Hall–Kier alpha value is -5.05. The quantitative estimate of drug-likeness (QED) is 0.150. The summed E-state index contributed by atoms with van der Waals surface area (Å²) in [6.45, 7) is 0. The third kappa shape index (κ3) is 5.34. The Labute approximate surface area is 298 Å². The highest BCUT2D eigenvalue weighted by Gasteiger charge is 2.37. The fraction of sp³-hybridized carbons (Fsp3) is 0.167. The summed E-state index contributed by atoms with van der Waals surface area (Å²) in [5.74, 6) is 0. The van der Waals surface area contributed by atoms with E-state index in [2.05, 4.69) is 174 Å². The van der Waals surface area contributed by atoms with Crippen LogP contribution in [0.25, 0.3) is 39.2 Å². The van der Waals surface area contributed by atoms with E-state index in [4.69, 9.17) is 0 Å². The maximum atomic E-state index is 2.69. The summed E-state index contributed by atoms with van der Waals surface area (Å²) in [7, 11) is -1.87. The minimum Gasteiger partial charge on any atom is -0.337 e. The van der Waals surface area contributed by atoms with Gasteiger partial charge in [-0.3, -0.25) is 0 Å². The van der Waals surface area contributed by atoms with Crippen molar-refractivity contribution >= 4 is 27.0 Å². The van der Waals surface area contributed by atoms with E-state index < -0.39 is 10.0 Å². The topological polar surface area (TPSA) is 4.93 Å². The van der Waals surface area contributed by atoms with Crippen LogP contribution in [0.3, 0.4) is 0 Å². The lowest BCUT2D eigenvalue weighted by atomic mass is 9.99. The van der Waals surface area contributed by atoms with Crippen LogP contribution in [-0.4, -0.2) is 4.57 Å². The van der Waals surface area contributed by atoms with Crippen molar-refractivity contribution < 1.29 is 0 Å². The number of nitrogens with zero attached hydrogens (tertiary/aromatic N) is 1. The van der Waals surface area contributed by atoms with Crippen LogP contribution in [0.1, 0.15) is 55.8 Å². The maximum Gasteiger partial charge on any atom is 0.0519 e. The Morgan fingerprint density at radius 3 is 1.92 bits per heavy atom. The lowest BCUT2D eigenvalue weighted by molar-refractivity contribution is 0.515. The smallest absolute Gasteiger partial charge is 0.0519 e. The molecule has 0 saturated heterocycles. The van der Waals surface area contributed by atoms with Crippen LogP contribution in [0.5, 0.6) is 0 Å². The van der Waals surface area contributed by atoms with Gasteiger partial charge in [-0.15, -0.1) is 10.0 Å². The summed E-state index contributed by atoms with van der Waals surface area (Å²) in [5.41, 5.74) is 9.33. The summed E-state index contributed by atoms with van der Waals surface area (Å²) in [6.07, 6.45) is 24.7. The monoisotopic (exact) mass is 665 g/mol. The van der Waals surface area contributed by atoms with Gasteiger partial charge in [0.05, 0.1) is 6.04 Å². The van der Waals surface area contributed by atoms with Crippen molar-refractivity contribution in [3.05, 3.63) is 180 Å². The molecule has 1 heterocycles. The zero-order chi connectivity index (χ0) is 33.3. The van der Waals surface area contributed by atoms with Gasteiger partial charge in [-0.25, -0.2) is 0 Å². The van der Waals surface area contributed by atoms with Crippen LogP contribution in [0.4, 0.5) is 0 Å². The molecule has 50 heavy (non-hydrogen) atoms. The van der Waals surface area contributed by atoms with E-state index in [0.717, 1.165) is 25.7 Å². The first kappa shape index (κ1) is 31.0. The standard InChI is InChI=1S/C48H43NS/c1-6-18-36(19-7-1)38-32-39(37-20-8-2-9-21-37)34-44(33-38)50(41-24-12-4-13-25-41,42-26-14-5-15-27-42)43-30-31-48-46(35-43)45-28-16-17-29-47(45)49(48)40-22-10-3-11-23-40/h1-2,4-10,12-14,16,18-22,24-26,28,30-35,40H,3,11,15,17,23,27,29H2. The third-order valence-electron chi connectivity index (χ3n) is 10.8. The molecule has 3 aliphatic carbocycles. The van der Waals surface area contributed by atoms with Gasteiger partial charge in [0.2, 0.25) is 0 Å². The van der Waals surface area contributed by atoms with Crippen LogP contribution in [-0.2, 0) is 6.42 Å². The molecule has 9 rings (SSSR count). The number of allylic oxidation sites excluding steroid dienone is 7. The van der Waals surface area contributed by atoms with E-state index in [-0.39, 0.29) is 0 Å². The van der Waals surface area contributed by atoms with Crippen LogP contribution < -0.4 is 0 Å². The predicted molar refractivity (Wildman–Crippen MR) is 214 cm³/mol. The number of fused-ring (bicyclic) bond motifs is 3. The molecule has 0 N–H and O–H groups in total. The highest BCUT2D eigenvalue weighted by atomic mass is 32.3. The Bertz CT molecular complexity index is 2230. The van der Waals surface area contributed by atoms with E-state index in [9.17, 15) is 0 Å². The zero-order valence-electron chi connectivity index (χ0n) is 28.5. The van der Waals surface area contributed by atoms with E-state index in [1.54, 1.807) is 0 Å². The van der Waals surface area contributed by atoms with Gasteiger partial charge in [0.25, 0.3) is 0 Å². The summed E-state index contributed by atoms with van der Waals surface area (Å²) < 4.78 is 2.69. The van der Waals surface area contributed by atoms with Crippen molar-refractivity contribution in [3.63, 3.8) is 0 Å². The van der Waals surface area contributed by atoms with Gasteiger partial charge in [-0.2, -0.15) is 0 Å². The van der Waals surface area contributed by atoms with Gasteiger partial charge in [-0.05, 0) is 121 Å². The summed E-state index contributed by atoms with van der Waals surface area (Å²) in [4.78, 5) is 5.72. The molecule has 0 saturated carbocycles. The molecule has 0 radical (unpaired) electrons. The minimum absolute atomic E-state index is 0.431. The van der Waals surface area contributed by atoms with Gasteiger partial charge in [0.15, 0.2) is 0 Å². The fourth-order valence-electron chi connectivity index (χ4n) is 8.51. The molecular weight excluding hydrogens is 623 g/mol. The van der Waals surface area contributed by atoms with Gasteiger partial charge in [-0.1, -0.05) is 121 Å². The molecule has 0 bridgehead atoms. The molecular formula is C48H43NS. The van der Waals surface area contributed by atoms with E-state index in [1.165, 1.54) is 83.3 Å². The van der Waals surface area contributed by atoms with Gasteiger partial charge < -0.3 is 4.57 Å². The molecule has 5 aromatic carbocycles. The van der Waals surface area contributed by atoms with Crippen LogP contribution in [0.2, 0.25) is 0 Å². The second kappa shape index (κ2) is 13.3. The van der Waals surface area contributed by atoms with Gasteiger partial charge in [0.1, 0.15) is 0 Å². The average molecular weight is 666 g/mol. The Kier molecular flexibility index (Phi) is 8.26. The highest BCUT2D eigenvalue weighted by molar-refractivity contribution is 8.37. The van der Waals surface area contributed by atoms with E-state index in [0.29, 0.717) is 6.04 Å². The second-order valence-electron chi connectivity index (χ2n) is 13.8. The Balaban J connectivity index is 1.37. The first-order chi connectivity index (χ1) is 24.8. The van der Waals surface area contributed by atoms with Crippen molar-refractivity contribution in [1.82, 2.24) is 4.57 Å². The fourth-order valence-corrected chi connectivity index (χ4v) is 12.7. The van der Waals surface area contributed by atoms with Crippen molar-refractivity contribution in [1.29, 1.82) is 0 Å². The second-order valence-corrected chi connectivity index (χ2v) is 16.9. The molecule has 246 valence electrons. The lowest BCUT2D eigenvalue weighted by Gasteiger charge is -2.45. The van der Waals surface area contributed by atoms with Crippen molar-refractivity contribution in [3.8, 4) is 22.3 Å². The summed E-state index contributed by atoms with van der Waals surface area (Å²) >= 11 is 0. The first-order valence-electron chi connectivity index (χ1n) is 18.3. The molecule has 6 aromatic rings. The molecule has 2 unspecified atom stereocenters. The molecule has 2 atom stereocenters. The maximum absolute atomic E-state index is 2.69. The zero-order valence-corrected chi connectivity index (χ0v) is 29.4. The third-order valence-corrected chi connectivity index (χ3v) is 14.8. The number of rotatable bonds is 7. The summed E-state index contributed by atoms with van der Waals surface area (Å²) in [5, 5.41) is 1.40. The van der Waals surface area contributed by atoms with Crippen LogP contribution in [0, 0.1) is 0 Å². The van der Waals surface area contributed by atoms with Gasteiger partial charge in [0, 0.05) is 36.8 Å². The molecule has 2 heteroatoms. The minimum atomic E-state index is -1.87. The van der Waals surface area contributed by atoms with E-state index >= 15 is 0 Å². The SMILES string of the molecule is C1=CCCC(S(c2ccccc2)(c2cc(-c3ccccc3)cc(-c3ccccc3)c2)c2ccc3c(c2)c2c(n3C3C=CCCC3)CCC=C2)=C1. The summed E-state index contributed by atoms with van der Waals surface area (Å²) in [6, 6.07) is 48.7. The Morgan fingerprint density at radius 2 is 1.26 bits per heavy atom. The van der Waals surface area contributed by atoms with Crippen LogP contribution >= 0.6 is 10.0 Å². The Morgan fingerprint density at radius 1 is 0.560 bits per heavy atom. The molecule has 1 nitrogen and oxygen atoms in total. The molecule has 0 amide bonds. The molecule has 1 aromatic heterocycles. The molecule has 0 spiro atoms. The predicted octanol–water partition coefficient (Wildman–Crippen LogP) is 13.7. The largest absolute Gasteiger partial charge is 0.337 e. The number of benzene rings is 5. The van der Waals surface area contributed by atoms with Crippen molar-refractivity contribution in [2.75, 3.05) is 0 Å². The van der Waals surface area contributed by atoms with Crippen LogP contribution in [0.15, 0.2) is 183 Å². The normalized spacial score (nSPS) is 18.7. The molecule has 0 aliphatic heterocycles. The van der Waals surface area contributed by atoms with E-state index in [1.807, 2.05) is 0 Å². The first-order valence-corrected chi connectivity index (χ1v) is 19.9. The average Bonchev–Trinajstić information content (AvgIpc) is 3.54. The highest BCUT2D eigenvalue weighted by Crippen LogP contribution is 2.75. The molecule has 0 fully saturated rings. The number of hydrogen-bond donors (Lipinski definition) is 0. The van der Waals surface area contributed by atoms with Crippen molar-refractivity contribution in [2.45, 2.75) is 65.7 Å². The lowest BCUT2D eigenvalue weighted by Crippen LogP contribution is -2.13. The molecule has 3 aliphatic rings. The van der Waals surface area contributed by atoms with Crippen molar-refractivity contribution in [2.24, 2.45) is 0 Å². The number of aromatic nitrogens is 1.